The van der Waals surface area contributed by atoms with Crippen molar-refractivity contribution < 1.29 is 13.2 Å². The molecule has 1 aromatic heterocycles. The van der Waals surface area contributed by atoms with Crippen LogP contribution in [0.25, 0.3) is 11.3 Å². The van der Waals surface area contributed by atoms with E-state index in [0.29, 0.717) is 5.56 Å². The molecule has 21 heavy (non-hydrogen) atoms. The number of alkyl halides is 3. The molecule has 0 atom stereocenters. The average Bonchev–Trinajstić information content (AvgIpc) is 2.47. The summed E-state index contributed by atoms with van der Waals surface area (Å²) in [5.41, 5.74) is 1.10. The van der Waals surface area contributed by atoms with Crippen molar-refractivity contribution in [3.8, 4) is 11.3 Å². The highest BCUT2D eigenvalue weighted by Gasteiger charge is 2.33. The van der Waals surface area contributed by atoms with Crippen molar-refractivity contribution >= 4 is 5.95 Å². The zero-order chi connectivity index (χ0) is 15.5. The van der Waals surface area contributed by atoms with Crippen LogP contribution in [0.4, 0.5) is 19.1 Å². The van der Waals surface area contributed by atoms with Crippen molar-refractivity contribution in [2.45, 2.75) is 25.9 Å². The zero-order valence-corrected chi connectivity index (χ0v) is 11.8. The molecule has 0 radical (unpaired) electrons. The van der Waals surface area contributed by atoms with E-state index in [1.165, 1.54) is 7.05 Å². The van der Waals surface area contributed by atoms with Gasteiger partial charge >= 0.3 is 6.18 Å². The van der Waals surface area contributed by atoms with E-state index in [1.54, 1.807) is 12.1 Å². The SMILES string of the molecule is CCCc1ccc(-c2cc(C(F)(F)F)nc(NC)n2)cc1. The molecule has 3 nitrogen and oxygen atoms in total. The second kappa shape index (κ2) is 6.11. The first-order valence-corrected chi connectivity index (χ1v) is 6.67. The van der Waals surface area contributed by atoms with Gasteiger partial charge in [-0.2, -0.15) is 13.2 Å². The van der Waals surface area contributed by atoms with Crippen LogP contribution in [0.2, 0.25) is 0 Å². The molecule has 0 aliphatic carbocycles. The standard InChI is InChI=1S/C15H16F3N3/c1-3-4-10-5-7-11(8-6-10)12-9-13(15(16,17)18)21-14(19-2)20-12/h5-9H,3-4H2,1-2H3,(H,19,20,21). The van der Waals surface area contributed by atoms with Crippen LogP contribution in [0.1, 0.15) is 24.6 Å². The molecule has 0 bridgehead atoms. The molecule has 6 heteroatoms. The van der Waals surface area contributed by atoms with E-state index in [1.807, 2.05) is 12.1 Å². The fourth-order valence-electron chi connectivity index (χ4n) is 1.98. The third-order valence-electron chi connectivity index (χ3n) is 3.03. The molecule has 0 saturated carbocycles. The number of aryl methyl sites for hydroxylation is 1. The largest absolute Gasteiger partial charge is 0.433 e. The van der Waals surface area contributed by atoms with Gasteiger partial charge in [-0.3, -0.25) is 0 Å². The Kier molecular flexibility index (Phi) is 4.45. The van der Waals surface area contributed by atoms with Gasteiger partial charge < -0.3 is 5.32 Å². The second-order valence-electron chi connectivity index (χ2n) is 4.66. The van der Waals surface area contributed by atoms with E-state index in [-0.39, 0.29) is 11.6 Å². The Labute approximate surface area is 121 Å². The Morgan fingerprint density at radius 3 is 2.29 bits per heavy atom. The van der Waals surface area contributed by atoms with Gasteiger partial charge in [0.2, 0.25) is 5.95 Å². The van der Waals surface area contributed by atoms with Gasteiger partial charge in [0.1, 0.15) is 0 Å². The molecule has 0 aliphatic rings. The van der Waals surface area contributed by atoms with Crippen LogP contribution in [0.3, 0.4) is 0 Å². The average molecular weight is 295 g/mol. The summed E-state index contributed by atoms with van der Waals surface area (Å²) >= 11 is 0. The predicted octanol–water partition coefficient (Wildman–Crippen LogP) is 4.16. The first-order valence-electron chi connectivity index (χ1n) is 6.67. The van der Waals surface area contributed by atoms with E-state index >= 15 is 0 Å². The Balaban J connectivity index is 2.42. The molecule has 1 heterocycles. The highest BCUT2D eigenvalue weighted by atomic mass is 19.4. The van der Waals surface area contributed by atoms with Gasteiger partial charge in [0, 0.05) is 12.6 Å². The summed E-state index contributed by atoms with van der Waals surface area (Å²) in [6.45, 7) is 2.08. The number of aromatic nitrogens is 2. The summed E-state index contributed by atoms with van der Waals surface area (Å²) in [5.74, 6) is -0.0440. The smallest absolute Gasteiger partial charge is 0.357 e. The molecule has 0 fully saturated rings. The van der Waals surface area contributed by atoms with Gasteiger partial charge in [-0.1, -0.05) is 37.6 Å². The van der Waals surface area contributed by atoms with Gasteiger partial charge in [0.25, 0.3) is 0 Å². The fourth-order valence-corrected chi connectivity index (χ4v) is 1.98. The number of anilines is 1. The molecule has 112 valence electrons. The van der Waals surface area contributed by atoms with Crippen LogP contribution in [0.5, 0.6) is 0 Å². The minimum absolute atomic E-state index is 0.0440. The van der Waals surface area contributed by atoms with Crippen LogP contribution >= 0.6 is 0 Å². The maximum absolute atomic E-state index is 12.8. The summed E-state index contributed by atoms with van der Waals surface area (Å²) in [4.78, 5) is 7.54. The summed E-state index contributed by atoms with van der Waals surface area (Å²) in [6.07, 6.45) is -2.53. The van der Waals surface area contributed by atoms with Gasteiger partial charge in [0.05, 0.1) is 5.69 Å². The molecule has 1 N–H and O–H groups in total. The van der Waals surface area contributed by atoms with E-state index in [9.17, 15) is 13.2 Å². The molecule has 2 rings (SSSR count). The molecule has 0 saturated heterocycles. The molecule has 0 aliphatic heterocycles. The lowest BCUT2D eigenvalue weighted by Crippen LogP contribution is -2.11. The summed E-state index contributed by atoms with van der Waals surface area (Å²) < 4.78 is 38.5. The topological polar surface area (TPSA) is 37.8 Å². The number of rotatable bonds is 4. The number of hydrogen-bond acceptors (Lipinski definition) is 3. The normalized spacial score (nSPS) is 11.5. The van der Waals surface area contributed by atoms with Crippen LogP contribution in [-0.2, 0) is 12.6 Å². The third kappa shape index (κ3) is 3.71. The Bertz CT molecular complexity index is 607. The predicted molar refractivity (Wildman–Crippen MR) is 76.0 cm³/mol. The summed E-state index contributed by atoms with van der Waals surface area (Å²) in [7, 11) is 1.49. The van der Waals surface area contributed by atoms with Crippen molar-refractivity contribution in [3.63, 3.8) is 0 Å². The second-order valence-corrected chi connectivity index (χ2v) is 4.66. The monoisotopic (exact) mass is 295 g/mol. The molecule has 1 aromatic carbocycles. The van der Waals surface area contributed by atoms with Crippen LogP contribution < -0.4 is 5.32 Å². The molecule has 0 amide bonds. The number of halogens is 3. The molecule has 0 unspecified atom stereocenters. The lowest BCUT2D eigenvalue weighted by molar-refractivity contribution is -0.141. The molecule has 0 spiro atoms. The van der Waals surface area contributed by atoms with Crippen molar-refractivity contribution in [2.75, 3.05) is 12.4 Å². The summed E-state index contributed by atoms with van der Waals surface area (Å²) in [5, 5.41) is 2.56. The van der Waals surface area contributed by atoms with E-state index < -0.39 is 11.9 Å². The Morgan fingerprint density at radius 1 is 1.10 bits per heavy atom. The Morgan fingerprint density at radius 2 is 1.76 bits per heavy atom. The van der Waals surface area contributed by atoms with Gasteiger partial charge in [-0.05, 0) is 18.1 Å². The minimum atomic E-state index is -4.49. The van der Waals surface area contributed by atoms with Crippen LogP contribution in [0, 0.1) is 0 Å². The first kappa shape index (κ1) is 15.3. The number of nitrogens with one attached hydrogen (secondary N) is 1. The van der Waals surface area contributed by atoms with Crippen molar-refractivity contribution in [1.82, 2.24) is 9.97 Å². The maximum Gasteiger partial charge on any atom is 0.433 e. The van der Waals surface area contributed by atoms with Crippen molar-refractivity contribution in [3.05, 3.63) is 41.6 Å². The molecular weight excluding hydrogens is 279 g/mol. The van der Waals surface area contributed by atoms with E-state index in [4.69, 9.17) is 0 Å². The molecule has 2 aromatic rings. The van der Waals surface area contributed by atoms with Crippen molar-refractivity contribution in [2.24, 2.45) is 0 Å². The van der Waals surface area contributed by atoms with Crippen molar-refractivity contribution in [1.29, 1.82) is 0 Å². The zero-order valence-electron chi connectivity index (χ0n) is 11.8. The molecular formula is C15H16F3N3. The quantitative estimate of drug-likeness (QED) is 0.920. The minimum Gasteiger partial charge on any atom is -0.357 e. The maximum atomic E-state index is 12.8. The highest BCUT2D eigenvalue weighted by molar-refractivity contribution is 5.61. The van der Waals surface area contributed by atoms with Gasteiger partial charge in [-0.25, -0.2) is 9.97 Å². The fraction of sp³-hybridized carbons (Fsp3) is 0.333. The first-order chi connectivity index (χ1) is 9.94. The van der Waals surface area contributed by atoms with Gasteiger partial charge in [-0.15, -0.1) is 0 Å². The van der Waals surface area contributed by atoms with Crippen LogP contribution in [-0.4, -0.2) is 17.0 Å². The lowest BCUT2D eigenvalue weighted by atomic mass is 10.1. The summed E-state index contributed by atoms with van der Waals surface area (Å²) in [6, 6.07) is 8.36. The number of benzene rings is 1. The highest BCUT2D eigenvalue weighted by Crippen LogP contribution is 2.31. The third-order valence-corrected chi connectivity index (χ3v) is 3.03. The lowest BCUT2D eigenvalue weighted by Gasteiger charge is -2.10. The number of nitrogens with zero attached hydrogens (tertiary/aromatic N) is 2. The van der Waals surface area contributed by atoms with Crippen LogP contribution in [0.15, 0.2) is 30.3 Å². The Hall–Kier alpha value is -2.11. The van der Waals surface area contributed by atoms with E-state index in [2.05, 4.69) is 22.2 Å². The number of hydrogen-bond donors (Lipinski definition) is 1. The van der Waals surface area contributed by atoms with E-state index in [0.717, 1.165) is 24.5 Å². The van der Waals surface area contributed by atoms with Gasteiger partial charge in [0.15, 0.2) is 5.69 Å².